The van der Waals surface area contributed by atoms with E-state index in [0.717, 1.165) is 11.8 Å². The summed E-state index contributed by atoms with van der Waals surface area (Å²) in [6, 6.07) is 0. The molecule has 1 rings (SSSR count). The highest BCUT2D eigenvalue weighted by Gasteiger charge is 2.30. The van der Waals surface area contributed by atoms with E-state index in [1.54, 1.807) is 0 Å². The van der Waals surface area contributed by atoms with Crippen LogP contribution in [0.15, 0.2) is 0 Å². The Kier molecular flexibility index (Phi) is 3.82. The van der Waals surface area contributed by atoms with Crippen molar-refractivity contribution < 1.29 is 0 Å². The maximum absolute atomic E-state index is 2.45. The fourth-order valence-electron chi connectivity index (χ4n) is 3.11. The first-order chi connectivity index (χ1) is 6.09. The van der Waals surface area contributed by atoms with Crippen LogP contribution in [0.1, 0.15) is 66.2 Å². The van der Waals surface area contributed by atoms with Crippen LogP contribution >= 0.6 is 0 Å². The highest BCUT2D eigenvalue weighted by atomic mass is 14.4. The highest BCUT2D eigenvalue weighted by molar-refractivity contribution is 4.82. The van der Waals surface area contributed by atoms with Crippen molar-refractivity contribution in [3.8, 4) is 0 Å². The Bertz CT molecular complexity index is 142. The van der Waals surface area contributed by atoms with Gasteiger partial charge in [0, 0.05) is 0 Å². The van der Waals surface area contributed by atoms with E-state index in [2.05, 4.69) is 27.7 Å². The van der Waals surface area contributed by atoms with E-state index in [0.29, 0.717) is 5.41 Å². The van der Waals surface area contributed by atoms with Gasteiger partial charge in [0.2, 0.25) is 0 Å². The molecule has 0 spiro atoms. The lowest BCUT2D eigenvalue weighted by atomic mass is 9.67. The minimum absolute atomic E-state index is 0.630. The van der Waals surface area contributed by atoms with Crippen LogP contribution in [-0.2, 0) is 0 Å². The molecule has 1 aliphatic rings. The van der Waals surface area contributed by atoms with Gasteiger partial charge in [-0.1, -0.05) is 53.4 Å². The van der Waals surface area contributed by atoms with Crippen molar-refractivity contribution in [2.45, 2.75) is 66.2 Å². The summed E-state index contributed by atoms with van der Waals surface area (Å²) in [6.07, 6.45) is 8.65. The lowest BCUT2D eigenvalue weighted by molar-refractivity contribution is 0.129. The molecule has 0 radical (unpaired) electrons. The molecule has 0 bridgehead atoms. The van der Waals surface area contributed by atoms with Crippen LogP contribution in [0.2, 0.25) is 0 Å². The van der Waals surface area contributed by atoms with Gasteiger partial charge in [-0.15, -0.1) is 0 Å². The summed E-state index contributed by atoms with van der Waals surface area (Å²) in [5.74, 6) is 2.03. The first-order valence-corrected chi connectivity index (χ1v) is 6.09. The van der Waals surface area contributed by atoms with E-state index in [-0.39, 0.29) is 0 Å². The molecule has 0 heteroatoms. The van der Waals surface area contributed by atoms with Gasteiger partial charge in [-0.05, 0) is 30.1 Å². The smallest absolute Gasteiger partial charge is 0.0351 e. The van der Waals surface area contributed by atoms with Gasteiger partial charge in [0.05, 0.1) is 0 Å². The van der Waals surface area contributed by atoms with Crippen LogP contribution in [0.4, 0.5) is 0 Å². The van der Waals surface area contributed by atoms with Crippen LogP contribution in [0.25, 0.3) is 0 Å². The van der Waals surface area contributed by atoms with Gasteiger partial charge in [-0.2, -0.15) is 0 Å². The second-order valence-corrected chi connectivity index (χ2v) is 5.60. The monoisotopic (exact) mass is 182 g/mol. The van der Waals surface area contributed by atoms with Crippen molar-refractivity contribution in [3.63, 3.8) is 0 Å². The van der Waals surface area contributed by atoms with Crippen molar-refractivity contribution in [1.29, 1.82) is 0 Å². The van der Waals surface area contributed by atoms with Crippen molar-refractivity contribution >= 4 is 0 Å². The molecule has 0 aliphatic heterocycles. The third-order valence-corrected chi connectivity index (χ3v) is 3.96. The Morgan fingerprint density at radius 3 is 2.31 bits per heavy atom. The molecule has 1 unspecified atom stereocenters. The highest BCUT2D eigenvalue weighted by Crippen LogP contribution is 2.42. The second-order valence-electron chi connectivity index (χ2n) is 5.60. The molecule has 13 heavy (non-hydrogen) atoms. The van der Waals surface area contributed by atoms with Crippen molar-refractivity contribution in [2.24, 2.45) is 17.3 Å². The minimum Gasteiger partial charge on any atom is -0.0651 e. The van der Waals surface area contributed by atoms with E-state index in [9.17, 15) is 0 Å². The van der Waals surface area contributed by atoms with Gasteiger partial charge >= 0.3 is 0 Å². The van der Waals surface area contributed by atoms with E-state index in [1.807, 2.05) is 0 Å². The molecule has 0 aromatic heterocycles. The van der Waals surface area contributed by atoms with Gasteiger partial charge in [-0.3, -0.25) is 0 Å². The van der Waals surface area contributed by atoms with Crippen LogP contribution in [0.5, 0.6) is 0 Å². The molecule has 0 amide bonds. The predicted octanol–water partition coefficient (Wildman–Crippen LogP) is 4.64. The number of hydrogen-bond donors (Lipinski definition) is 0. The van der Waals surface area contributed by atoms with Crippen molar-refractivity contribution in [2.75, 3.05) is 0 Å². The van der Waals surface area contributed by atoms with Gasteiger partial charge in [0.25, 0.3) is 0 Å². The van der Waals surface area contributed by atoms with Crippen molar-refractivity contribution in [3.05, 3.63) is 0 Å². The third kappa shape index (κ3) is 3.00. The SMILES string of the molecule is CCC(CC)C1CCCC(C)(C)C1. The summed E-state index contributed by atoms with van der Waals surface area (Å²) in [5.41, 5.74) is 0.630. The minimum atomic E-state index is 0.630. The Balaban J connectivity index is 2.50. The zero-order valence-electron chi connectivity index (χ0n) is 9.90. The molecule has 0 nitrogen and oxygen atoms in total. The molecule has 1 saturated carbocycles. The summed E-state index contributed by atoms with van der Waals surface area (Å²) < 4.78 is 0. The van der Waals surface area contributed by atoms with Gasteiger partial charge in [0.1, 0.15) is 0 Å². The Hall–Kier alpha value is 0. The average Bonchev–Trinajstić information content (AvgIpc) is 2.05. The van der Waals surface area contributed by atoms with Crippen LogP contribution in [0, 0.1) is 17.3 Å². The van der Waals surface area contributed by atoms with E-state index in [1.165, 1.54) is 38.5 Å². The van der Waals surface area contributed by atoms with Crippen molar-refractivity contribution in [1.82, 2.24) is 0 Å². The quantitative estimate of drug-likeness (QED) is 0.596. The van der Waals surface area contributed by atoms with Crippen LogP contribution < -0.4 is 0 Å². The molecular formula is C13H26. The largest absolute Gasteiger partial charge is 0.0651 e. The molecule has 0 heterocycles. The summed E-state index contributed by atoms with van der Waals surface area (Å²) in [4.78, 5) is 0. The zero-order chi connectivity index (χ0) is 9.90. The number of rotatable bonds is 3. The molecule has 78 valence electrons. The lowest BCUT2D eigenvalue weighted by Gasteiger charge is -2.38. The average molecular weight is 182 g/mol. The molecule has 0 aromatic carbocycles. The summed E-state index contributed by atoms with van der Waals surface area (Å²) in [7, 11) is 0. The van der Waals surface area contributed by atoms with E-state index < -0.39 is 0 Å². The molecule has 0 saturated heterocycles. The standard InChI is InChI=1S/C13H26/c1-5-11(6-2)12-8-7-9-13(3,4)10-12/h11-12H,5-10H2,1-4H3. The Morgan fingerprint density at radius 1 is 1.23 bits per heavy atom. The molecule has 0 N–H and O–H groups in total. The fraction of sp³-hybridized carbons (Fsp3) is 1.00. The predicted molar refractivity (Wildman–Crippen MR) is 59.8 cm³/mol. The molecule has 1 fully saturated rings. The van der Waals surface area contributed by atoms with Gasteiger partial charge in [-0.25, -0.2) is 0 Å². The maximum Gasteiger partial charge on any atom is -0.0351 e. The maximum atomic E-state index is 2.45. The lowest BCUT2D eigenvalue weighted by Crippen LogP contribution is -2.27. The molecule has 1 atom stereocenters. The zero-order valence-corrected chi connectivity index (χ0v) is 9.90. The van der Waals surface area contributed by atoms with Crippen LogP contribution in [-0.4, -0.2) is 0 Å². The van der Waals surface area contributed by atoms with E-state index >= 15 is 0 Å². The molecule has 1 aliphatic carbocycles. The Labute approximate surface area is 84.1 Å². The molecule has 0 aromatic rings. The van der Waals surface area contributed by atoms with E-state index in [4.69, 9.17) is 0 Å². The molecular weight excluding hydrogens is 156 g/mol. The van der Waals surface area contributed by atoms with Gasteiger partial charge < -0.3 is 0 Å². The number of hydrogen-bond acceptors (Lipinski definition) is 0. The summed E-state index contributed by atoms with van der Waals surface area (Å²) >= 11 is 0. The Morgan fingerprint density at radius 2 is 1.85 bits per heavy atom. The fourth-order valence-corrected chi connectivity index (χ4v) is 3.11. The summed E-state index contributed by atoms with van der Waals surface area (Å²) in [6.45, 7) is 9.61. The third-order valence-electron chi connectivity index (χ3n) is 3.96. The van der Waals surface area contributed by atoms with Crippen LogP contribution in [0.3, 0.4) is 0 Å². The first-order valence-electron chi connectivity index (χ1n) is 6.09. The topological polar surface area (TPSA) is 0 Å². The second kappa shape index (κ2) is 4.48. The summed E-state index contributed by atoms with van der Waals surface area (Å²) in [5, 5.41) is 0. The van der Waals surface area contributed by atoms with Gasteiger partial charge in [0.15, 0.2) is 0 Å². The normalized spacial score (nSPS) is 27.9. The first kappa shape index (κ1) is 11.1.